The van der Waals surface area contributed by atoms with Gasteiger partial charge in [-0.05, 0) is 19.9 Å². The molecule has 0 aliphatic heterocycles. The number of pyridine rings is 1. The van der Waals surface area contributed by atoms with Crippen LogP contribution in [-0.2, 0) is 15.1 Å². The van der Waals surface area contributed by atoms with Crippen molar-refractivity contribution < 1.29 is 14.3 Å². The lowest BCUT2D eigenvalue weighted by Gasteiger charge is -2.22. The maximum absolute atomic E-state index is 11.1. The SMILES string of the molecule is COC(=O)c1ccc(C(C)(C)OC)cn1. The van der Waals surface area contributed by atoms with Gasteiger partial charge in [0, 0.05) is 18.9 Å². The number of carbonyl (C=O) groups excluding carboxylic acids is 1. The lowest BCUT2D eigenvalue weighted by molar-refractivity contribution is 0.0188. The Morgan fingerprint density at radius 3 is 2.40 bits per heavy atom. The average Bonchev–Trinajstić information content (AvgIpc) is 2.28. The normalized spacial score (nSPS) is 11.2. The monoisotopic (exact) mass is 209 g/mol. The van der Waals surface area contributed by atoms with Crippen LogP contribution >= 0.6 is 0 Å². The van der Waals surface area contributed by atoms with E-state index in [4.69, 9.17) is 4.74 Å². The Morgan fingerprint density at radius 1 is 1.33 bits per heavy atom. The molecule has 4 nitrogen and oxygen atoms in total. The van der Waals surface area contributed by atoms with Gasteiger partial charge in [0.2, 0.25) is 0 Å². The van der Waals surface area contributed by atoms with E-state index in [1.54, 1.807) is 19.4 Å². The fourth-order valence-electron chi connectivity index (χ4n) is 1.09. The van der Waals surface area contributed by atoms with Crippen LogP contribution in [0, 0.1) is 0 Å². The molecule has 0 N–H and O–H groups in total. The van der Waals surface area contributed by atoms with Crippen LogP contribution in [0.5, 0.6) is 0 Å². The minimum atomic E-state index is -0.434. The van der Waals surface area contributed by atoms with Crippen molar-refractivity contribution in [2.24, 2.45) is 0 Å². The first-order valence-corrected chi connectivity index (χ1v) is 4.61. The van der Waals surface area contributed by atoms with Crippen molar-refractivity contribution in [1.29, 1.82) is 0 Å². The van der Waals surface area contributed by atoms with Gasteiger partial charge in [0.25, 0.3) is 0 Å². The molecule has 0 aliphatic rings. The van der Waals surface area contributed by atoms with Gasteiger partial charge in [-0.1, -0.05) is 6.07 Å². The van der Waals surface area contributed by atoms with E-state index in [-0.39, 0.29) is 0 Å². The van der Waals surface area contributed by atoms with Gasteiger partial charge in [-0.15, -0.1) is 0 Å². The summed E-state index contributed by atoms with van der Waals surface area (Å²) in [5.74, 6) is -0.434. The number of rotatable bonds is 3. The number of ether oxygens (including phenoxy) is 2. The van der Waals surface area contributed by atoms with Gasteiger partial charge in [-0.25, -0.2) is 9.78 Å². The second kappa shape index (κ2) is 4.40. The maximum Gasteiger partial charge on any atom is 0.356 e. The molecule has 0 bridgehead atoms. The summed E-state index contributed by atoms with van der Waals surface area (Å²) in [6.45, 7) is 3.86. The zero-order valence-corrected chi connectivity index (χ0v) is 9.40. The lowest BCUT2D eigenvalue weighted by Crippen LogP contribution is -2.20. The Bertz CT molecular complexity index is 343. The summed E-state index contributed by atoms with van der Waals surface area (Å²) in [6.07, 6.45) is 1.62. The van der Waals surface area contributed by atoms with E-state index in [9.17, 15) is 4.79 Å². The van der Waals surface area contributed by atoms with Crippen molar-refractivity contribution in [1.82, 2.24) is 4.98 Å². The summed E-state index contributed by atoms with van der Waals surface area (Å²) in [5.41, 5.74) is 0.813. The highest BCUT2D eigenvalue weighted by atomic mass is 16.5. The van der Waals surface area contributed by atoms with Crippen LogP contribution in [-0.4, -0.2) is 25.2 Å². The van der Waals surface area contributed by atoms with E-state index in [1.807, 2.05) is 19.9 Å². The third kappa shape index (κ3) is 2.53. The Morgan fingerprint density at radius 2 is 2.00 bits per heavy atom. The van der Waals surface area contributed by atoms with Crippen LogP contribution in [0.2, 0.25) is 0 Å². The molecule has 0 unspecified atom stereocenters. The summed E-state index contributed by atoms with van der Waals surface area (Å²) in [6, 6.07) is 3.44. The zero-order valence-electron chi connectivity index (χ0n) is 9.40. The smallest absolute Gasteiger partial charge is 0.356 e. The minimum Gasteiger partial charge on any atom is -0.464 e. The molecule has 0 aromatic carbocycles. The van der Waals surface area contributed by atoms with Gasteiger partial charge < -0.3 is 9.47 Å². The number of hydrogen-bond donors (Lipinski definition) is 0. The minimum absolute atomic E-state index is 0.299. The van der Waals surface area contributed by atoms with Crippen LogP contribution in [0.1, 0.15) is 29.9 Å². The molecule has 0 atom stereocenters. The first kappa shape index (κ1) is 11.7. The Labute approximate surface area is 89.2 Å². The van der Waals surface area contributed by atoms with E-state index in [2.05, 4.69) is 9.72 Å². The van der Waals surface area contributed by atoms with Crippen LogP contribution in [0.3, 0.4) is 0 Å². The third-order valence-corrected chi connectivity index (χ3v) is 2.36. The Balaban J connectivity index is 2.95. The molecule has 1 heterocycles. The fraction of sp³-hybridized carbons (Fsp3) is 0.455. The third-order valence-electron chi connectivity index (χ3n) is 2.36. The largest absolute Gasteiger partial charge is 0.464 e. The molecule has 0 fully saturated rings. The molecular formula is C11H15NO3. The molecule has 82 valence electrons. The zero-order chi connectivity index (χ0) is 11.5. The lowest BCUT2D eigenvalue weighted by atomic mass is 10.00. The molecule has 0 spiro atoms. The maximum atomic E-state index is 11.1. The molecule has 0 radical (unpaired) electrons. The number of carbonyl (C=O) groups is 1. The number of methoxy groups -OCH3 is 2. The Kier molecular flexibility index (Phi) is 3.42. The second-order valence-corrected chi connectivity index (χ2v) is 3.64. The molecule has 0 saturated carbocycles. The van der Waals surface area contributed by atoms with Crippen LogP contribution in [0.15, 0.2) is 18.3 Å². The van der Waals surface area contributed by atoms with Gasteiger partial charge >= 0.3 is 5.97 Å². The summed E-state index contributed by atoms with van der Waals surface area (Å²) >= 11 is 0. The first-order chi connectivity index (χ1) is 7.01. The van der Waals surface area contributed by atoms with Crippen LogP contribution in [0.4, 0.5) is 0 Å². The number of esters is 1. The van der Waals surface area contributed by atoms with Gasteiger partial charge in [0.1, 0.15) is 5.69 Å². The van der Waals surface area contributed by atoms with E-state index < -0.39 is 11.6 Å². The van der Waals surface area contributed by atoms with Crippen LogP contribution in [0.25, 0.3) is 0 Å². The van der Waals surface area contributed by atoms with E-state index in [0.29, 0.717) is 5.69 Å². The molecule has 0 saturated heterocycles. The summed E-state index contributed by atoms with van der Waals surface area (Å²) in [7, 11) is 2.96. The van der Waals surface area contributed by atoms with Crippen molar-refractivity contribution >= 4 is 5.97 Å². The average molecular weight is 209 g/mol. The molecule has 1 aromatic heterocycles. The van der Waals surface area contributed by atoms with Crippen molar-refractivity contribution in [2.75, 3.05) is 14.2 Å². The number of aromatic nitrogens is 1. The standard InChI is InChI=1S/C11H15NO3/c1-11(2,15-4)8-5-6-9(12-7-8)10(13)14-3/h5-7H,1-4H3. The van der Waals surface area contributed by atoms with E-state index >= 15 is 0 Å². The van der Waals surface area contributed by atoms with Gasteiger partial charge in [-0.2, -0.15) is 0 Å². The summed E-state index contributed by atoms with van der Waals surface area (Å²) in [5, 5.41) is 0. The van der Waals surface area contributed by atoms with Crippen molar-refractivity contribution in [3.63, 3.8) is 0 Å². The quantitative estimate of drug-likeness (QED) is 0.711. The predicted molar refractivity (Wildman–Crippen MR) is 55.6 cm³/mol. The van der Waals surface area contributed by atoms with E-state index in [1.165, 1.54) is 7.11 Å². The summed E-state index contributed by atoms with van der Waals surface area (Å²) < 4.78 is 9.85. The number of hydrogen-bond acceptors (Lipinski definition) is 4. The number of nitrogens with zero attached hydrogens (tertiary/aromatic N) is 1. The van der Waals surface area contributed by atoms with Crippen LogP contribution < -0.4 is 0 Å². The van der Waals surface area contributed by atoms with Crippen molar-refractivity contribution in [3.8, 4) is 0 Å². The van der Waals surface area contributed by atoms with Gasteiger partial charge in [-0.3, -0.25) is 0 Å². The first-order valence-electron chi connectivity index (χ1n) is 4.61. The molecule has 0 amide bonds. The molecule has 4 heteroatoms. The van der Waals surface area contributed by atoms with Crippen molar-refractivity contribution in [2.45, 2.75) is 19.4 Å². The predicted octanol–water partition coefficient (Wildman–Crippen LogP) is 1.75. The summed E-state index contributed by atoms with van der Waals surface area (Å²) in [4.78, 5) is 15.1. The van der Waals surface area contributed by atoms with Gasteiger partial charge in [0.15, 0.2) is 0 Å². The molecule has 15 heavy (non-hydrogen) atoms. The van der Waals surface area contributed by atoms with Crippen molar-refractivity contribution in [3.05, 3.63) is 29.6 Å². The second-order valence-electron chi connectivity index (χ2n) is 3.64. The van der Waals surface area contributed by atoms with E-state index in [0.717, 1.165) is 5.56 Å². The highest BCUT2D eigenvalue weighted by molar-refractivity contribution is 5.86. The topological polar surface area (TPSA) is 48.4 Å². The molecular weight excluding hydrogens is 194 g/mol. The Hall–Kier alpha value is -1.42. The highest BCUT2D eigenvalue weighted by Gasteiger charge is 2.20. The highest BCUT2D eigenvalue weighted by Crippen LogP contribution is 2.22. The molecule has 1 aromatic rings. The molecule has 1 rings (SSSR count). The fourth-order valence-corrected chi connectivity index (χ4v) is 1.09. The van der Waals surface area contributed by atoms with Gasteiger partial charge in [0.05, 0.1) is 12.7 Å². The molecule has 0 aliphatic carbocycles.